The molecule has 0 unspecified atom stereocenters. The number of carboxylic acids is 1. The fraction of sp³-hybridized carbons (Fsp3) is 0.182. The van der Waals surface area contributed by atoms with Gasteiger partial charge in [0, 0.05) is 0 Å². The highest BCUT2D eigenvalue weighted by Crippen LogP contribution is 2.16. The van der Waals surface area contributed by atoms with Crippen LogP contribution in [0.3, 0.4) is 0 Å². The molecule has 0 fully saturated rings. The maximum Gasteiger partial charge on any atom is 0.337 e. The first-order valence-corrected chi connectivity index (χ1v) is 4.95. The first kappa shape index (κ1) is 10.4. The van der Waals surface area contributed by atoms with E-state index in [1.165, 1.54) is 10.9 Å². The van der Waals surface area contributed by atoms with Gasteiger partial charge in [-0.2, -0.15) is 0 Å². The third-order valence-electron chi connectivity index (χ3n) is 2.37. The minimum absolute atomic E-state index is 0.241. The zero-order chi connectivity index (χ0) is 11.5. The molecule has 2 aromatic rings. The Labute approximate surface area is 92.3 Å². The molecule has 0 aliphatic heterocycles. The van der Waals surface area contributed by atoms with Crippen LogP contribution >= 0.6 is 0 Å². The van der Waals surface area contributed by atoms with E-state index in [0.29, 0.717) is 5.69 Å². The van der Waals surface area contributed by atoms with E-state index < -0.39 is 5.97 Å². The third kappa shape index (κ3) is 1.79. The van der Waals surface area contributed by atoms with Gasteiger partial charge in [-0.3, -0.25) is 0 Å². The summed E-state index contributed by atoms with van der Waals surface area (Å²) in [4.78, 5) is 11.1. The number of aromatic carboxylic acids is 1. The average molecular weight is 217 g/mol. The summed E-state index contributed by atoms with van der Waals surface area (Å²) in [6, 6.07) is 5.31. The summed E-state index contributed by atoms with van der Waals surface area (Å²) in [5, 5.41) is 16.6. The van der Waals surface area contributed by atoms with Crippen LogP contribution in [0, 0.1) is 0 Å². The van der Waals surface area contributed by atoms with Crippen molar-refractivity contribution in [3.8, 4) is 5.69 Å². The van der Waals surface area contributed by atoms with Gasteiger partial charge in [0.1, 0.15) is 0 Å². The molecule has 0 aliphatic carbocycles. The summed E-state index contributed by atoms with van der Waals surface area (Å²) in [6.45, 7) is 1.98. The number of rotatable bonds is 3. The molecule has 5 heteroatoms. The molecule has 0 saturated heterocycles. The lowest BCUT2D eigenvalue weighted by molar-refractivity contribution is 0.0696. The molecule has 16 heavy (non-hydrogen) atoms. The van der Waals surface area contributed by atoms with Gasteiger partial charge in [-0.15, -0.1) is 5.10 Å². The smallest absolute Gasteiger partial charge is 0.337 e. The molecular weight excluding hydrogens is 206 g/mol. The lowest BCUT2D eigenvalue weighted by Gasteiger charge is -2.06. The van der Waals surface area contributed by atoms with Gasteiger partial charge < -0.3 is 5.11 Å². The van der Waals surface area contributed by atoms with Gasteiger partial charge in [0.25, 0.3) is 0 Å². The van der Waals surface area contributed by atoms with Gasteiger partial charge >= 0.3 is 5.97 Å². The first-order chi connectivity index (χ1) is 7.72. The van der Waals surface area contributed by atoms with E-state index in [0.717, 1.165) is 12.0 Å². The van der Waals surface area contributed by atoms with Crippen LogP contribution in [0.15, 0.2) is 30.6 Å². The third-order valence-corrected chi connectivity index (χ3v) is 2.37. The summed E-state index contributed by atoms with van der Waals surface area (Å²) < 4.78 is 1.45. The lowest BCUT2D eigenvalue weighted by Crippen LogP contribution is -2.07. The van der Waals surface area contributed by atoms with Crippen LogP contribution < -0.4 is 0 Å². The van der Waals surface area contributed by atoms with Crippen LogP contribution in [-0.2, 0) is 6.42 Å². The van der Waals surface area contributed by atoms with Crippen molar-refractivity contribution >= 4 is 5.97 Å². The normalized spacial score (nSPS) is 10.3. The number of hydrogen-bond donors (Lipinski definition) is 1. The van der Waals surface area contributed by atoms with Crippen molar-refractivity contribution in [2.75, 3.05) is 0 Å². The highest BCUT2D eigenvalue weighted by molar-refractivity contribution is 5.92. The minimum atomic E-state index is -0.958. The molecule has 1 aromatic heterocycles. The Balaban J connectivity index is 2.57. The maximum absolute atomic E-state index is 11.1. The standard InChI is InChI=1S/C11H11N3O2/c1-2-8-3-4-10(9(7-8)11(15)16)14-6-5-12-13-14/h3-7H,2H2,1H3,(H,15,16). The number of hydrogen-bond acceptors (Lipinski definition) is 3. The van der Waals surface area contributed by atoms with Crippen LogP contribution in [0.25, 0.3) is 5.69 Å². The number of aromatic nitrogens is 3. The molecule has 1 N–H and O–H groups in total. The molecule has 82 valence electrons. The van der Waals surface area contributed by atoms with Crippen LogP contribution in [0.2, 0.25) is 0 Å². The number of nitrogens with zero attached hydrogens (tertiary/aromatic N) is 3. The maximum atomic E-state index is 11.1. The fourth-order valence-corrected chi connectivity index (χ4v) is 1.51. The second-order valence-corrected chi connectivity index (χ2v) is 3.36. The molecule has 0 saturated carbocycles. The van der Waals surface area contributed by atoms with E-state index in [1.54, 1.807) is 18.3 Å². The fourth-order valence-electron chi connectivity index (χ4n) is 1.51. The van der Waals surface area contributed by atoms with Gasteiger partial charge in [0.15, 0.2) is 0 Å². The molecular formula is C11H11N3O2. The number of aryl methyl sites for hydroxylation is 1. The second-order valence-electron chi connectivity index (χ2n) is 3.36. The van der Waals surface area contributed by atoms with Gasteiger partial charge in [0.2, 0.25) is 0 Å². The van der Waals surface area contributed by atoms with Crippen LogP contribution in [-0.4, -0.2) is 26.1 Å². The van der Waals surface area contributed by atoms with Crippen LogP contribution in [0.5, 0.6) is 0 Å². The number of carbonyl (C=O) groups is 1. The minimum Gasteiger partial charge on any atom is -0.478 e. The van der Waals surface area contributed by atoms with Gasteiger partial charge in [-0.05, 0) is 24.1 Å². The topological polar surface area (TPSA) is 68.0 Å². The average Bonchev–Trinajstić information content (AvgIpc) is 2.81. The molecule has 0 radical (unpaired) electrons. The zero-order valence-electron chi connectivity index (χ0n) is 8.79. The largest absolute Gasteiger partial charge is 0.478 e. The van der Waals surface area contributed by atoms with Gasteiger partial charge in [-0.1, -0.05) is 18.2 Å². The molecule has 1 heterocycles. The summed E-state index contributed by atoms with van der Waals surface area (Å²) in [7, 11) is 0. The summed E-state index contributed by atoms with van der Waals surface area (Å²) in [5.41, 5.74) is 1.76. The summed E-state index contributed by atoms with van der Waals surface area (Å²) in [5.74, 6) is -0.958. The van der Waals surface area contributed by atoms with E-state index >= 15 is 0 Å². The monoisotopic (exact) mass is 217 g/mol. The van der Waals surface area contributed by atoms with E-state index in [4.69, 9.17) is 5.11 Å². The Morgan fingerprint density at radius 3 is 2.88 bits per heavy atom. The SMILES string of the molecule is CCc1ccc(-n2ccnn2)c(C(=O)O)c1. The summed E-state index contributed by atoms with van der Waals surface area (Å²) >= 11 is 0. The van der Waals surface area contributed by atoms with Gasteiger partial charge in [0.05, 0.1) is 23.6 Å². The quantitative estimate of drug-likeness (QED) is 0.846. The summed E-state index contributed by atoms with van der Waals surface area (Å²) in [6.07, 6.45) is 3.94. The molecule has 0 atom stereocenters. The number of carboxylic acid groups (broad SMARTS) is 1. The predicted molar refractivity (Wildman–Crippen MR) is 57.7 cm³/mol. The molecule has 0 bridgehead atoms. The first-order valence-electron chi connectivity index (χ1n) is 4.95. The Bertz CT molecular complexity index is 506. The van der Waals surface area contributed by atoms with Crippen LogP contribution in [0.1, 0.15) is 22.8 Å². The molecule has 5 nitrogen and oxygen atoms in total. The van der Waals surface area contributed by atoms with E-state index in [2.05, 4.69) is 10.3 Å². The molecule has 0 aliphatic rings. The van der Waals surface area contributed by atoms with E-state index in [9.17, 15) is 4.79 Å². The van der Waals surface area contributed by atoms with Gasteiger partial charge in [-0.25, -0.2) is 9.48 Å². The lowest BCUT2D eigenvalue weighted by atomic mass is 10.1. The van der Waals surface area contributed by atoms with Crippen molar-refractivity contribution in [2.24, 2.45) is 0 Å². The highest BCUT2D eigenvalue weighted by atomic mass is 16.4. The molecule has 2 rings (SSSR count). The van der Waals surface area contributed by atoms with Crippen molar-refractivity contribution in [1.82, 2.24) is 15.0 Å². The number of benzene rings is 1. The van der Waals surface area contributed by atoms with Crippen molar-refractivity contribution in [3.63, 3.8) is 0 Å². The van der Waals surface area contributed by atoms with Crippen molar-refractivity contribution in [2.45, 2.75) is 13.3 Å². The Morgan fingerprint density at radius 2 is 2.31 bits per heavy atom. The Kier molecular flexibility index (Phi) is 2.68. The predicted octanol–water partition coefficient (Wildman–Crippen LogP) is 1.53. The van der Waals surface area contributed by atoms with E-state index in [1.807, 2.05) is 13.0 Å². The Hall–Kier alpha value is -2.17. The zero-order valence-corrected chi connectivity index (χ0v) is 8.79. The molecule has 1 aromatic carbocycles. The second kappa shape index (κ2) is 4.14. The molecule has 0 spiro atoms. The highest BCUT2D eigenvalue weighted by Gasteiger charge is 2.12. The van der Waals surface area contributed by atoms with Crippen molar-refractivity contribution in [3.05, 3.63) is 41.7 Å². The van der Waals surface area contributed by atoms with Crippen molar-refractivity contribution < 1.29 is 9.90 Å². The Morgan fingerprint density at radius 1 is 1.50 bits per heavy atom. The van der Waals surface area contributed by atoms with Crippen LogP contribution in [0.4, 0.5) is 0 Å². The van der Waals surface area contributed by atoms with Crippen molar-refractivity contribution in [1.29, 1.82) is 0 Å². The molecule has 0 amide bonds. The van der Waals surface area contributed by atoms with E-state index in [-0.39, 0.29) is 5.56 Å².